The molecular formula is C66H44N2. The first-order chi connectivity index (χ1) is 33.8. The number of benzene rings is 12. The highest BCUT2D eigenvalue weighted by Crippen LogP contribution is 2.48. The predicted octanol–water partition coefficient (Wildman–Crippen LogP) is 18.4. The zero-order valence-corrected chi connectivity index (χ0v) is 37.3. The maximum atomic E-state index is 2.49. The quantitative estimate of drug-likeness (QED) is 0.138. The number of anilines is 3. The number of nitrogens with zero attached hydrogens (tertiary/aromatic N) is 2. The topological polar surface area (TPSA) is 8.17 Å². The fraction of sp³-hybridized carbons (Fsp3) is 0. The van der Waals surface area contributed by atoms with Crippen LogP contribution in [0.15, 0.2) is 267 Å². The lowest BCUT2D eigenvalue weighted by molar-refractivity contribution is 1.18. The van der Waals surface area contributed by atoms with E-state index in [-0.39, 0.29) is 0 Å². The van der Waals surface area contributed by atoms with Gasteiger partial charge in [-0.05, 0) is 115 Å². The molecule has 0 unspecified atom stereocenters. The van der Waals surface area contributed by atoms with Crippen molar-refractivity contribution in [2.24, 2.45) is 0 Å². The number of rotatable bonds is 8. The minimum atomic E-state index is 1.07. The van der Waals surface area contributed by atoms with Crippen LogP contribution in [0.5, 0.6) is 0 Å². The standard InChI is InChI=1S/C66H44N2/c1-2-20-46(21-3-1)61-44-49(53-29-10-14-36-62(53)68-64-38-16-12-33-58(64)59-34-13-17-39-65(59)68)40-41-66(61)67(63-37-15-11-32-57(63)55-35-19-24-45-22-4-6-27-51(45)55)50-26-18-25-47(42-50)60-43-48-23-5-7-28-52(48)54-30-8-9-31-56(54)60/h1-44H. The van der Waals surface area contributed by atoms with Gasteiger partial charge in [0.05, 0.1) is 28.1 Å². The highest BCUT2D eigenvalue weighted by molar-refractivity contribution is 6.14. The molecule has 0 saturated carbocycles. The van der Waals surface area contributed by atoms with E-state index in [2.05, 4.69) is 276 Å². The van der Waals surface area contributed by atoms with Crippen LogP contribution in [0, 0.1) is 0 Å². The molecule has 1 aromatic heterocycles. The van der Waals surface area contributed by atoms with E-state index in [0.717, 1.165) is 56.1 Å². The van der Waals surface area contributed by atoms with Crippen LogP contribution in [0.4, 0.5) is 17.1 Å². The van der Waals surface area contributed by atoms with Crippen molar-refractivity contribution >= 4 is 71.2 Å². The van der Waals surface area contributed by atoms with Gasteiger partial charge < -0.3 is 9.47 Å². The predicted molar refractivity (Wildman–Crippen MR) is 290 cm³/mol. The fourth-order valence-corrected chi connectivity index (χ4v) is 10.7. The maximum absolute atomic E-state index is 2.49. The van der Waals surface area contributed by atoms with Gasteiger partial charge in [-0.1, -0.05) is 212 Å². The SMILES string of the molecule is c1ccc(-c2cc(-c3ccccc3-n3c4ccccc4c4ccccc43)ccc2N(c2cccc(-c3cc4ccccc4c4ccccc34)c2)c2ccccc2-c2cccc3ccccc23)cc1. The Morgan fingerprint density at radius 1 is 0.250 bits per heavy atom. The van der Waals surface area contributed by atoms with Gasteiger partial charge in [0.1, 0.15) is 0 Å². The largest absolute Gasteiger partial charge is 0.309 e. The summed E-state index contributed by atoms with van der Waals surface area (Å²) in [6.45, 7) is 0. The molecule has 0 amide bonds. The normalized spacial score (nSPS) is 11.5. The number of para-hydroxylation sites is 4. The molecule has 2 heteroatoms. The molecule has 13 aromatic rings. The first kappa shape index (κ1) is 39.4. The number of aromatic nitrogens is 1. The van der Waals surface area contributed by atoms with E-state index in [9.17, 15) is 0 Å². The summed E-state index contributed by atoms with van der Waals surface area (Å²) in [7, 11) is 0. The summed E-state index contributed by atoms with van der Waals surface area (Å²) in [6, 6.07) is 97.7. The summed E-state index contributed by atoms with van der Waals surface area (Å²) in [6.07, 6.45) is 0. The van der Waals surface area contributed by atoms with Gasteiger partial charge in [-0.25, -0.2) is 0 Å². The molecule has 0 atom stereocenters. The van der Waals surface area contributed by atoms with Crippen molar-refractivity contribution in [3.05, 3.63) is 267 Å². The van der Waals surface area contributed by atoms with E-state index in [0.29, 0.717) is 0 Å². The second-order valence-corrected chi connectivity index (χ2v) is 17.6. The van der Waals surface area contributed by atoms with Crippen LogP contribution in [0.3, 0.4) is 0 Å². The third kappa shape index (κ3) is 6.57. The molecule has 318 valence electrons. The zero-order chi connectivity index (χ0) is 45.0. The molecule has 0 aliphatic carbocycles. The monoisotopic (exact) mass is 864 g/mol. The lowest BCUT2D eigenvalue weighted by Crippen LogP contribution is -2.13. The van der Waals surface area contributed by atoms with Crippen molar-refractivity contribution in [3.63, 3.8) is 0 Å². The molecule has 13 rings (SSSR count). The molecule has 0 aliphatic rings. The number of fused-ring (bicyclic) bond motifs is 7. The average molecular weight is 865 g/mol. The van der Waals surface area contributed by atoms with Crippen molar-refractivity contribution in [3.8, 4) is 50.2 Å². The lowest BCUT2D eigenvalue weighted by Gasteiger charge is -2.31. The Balaban J connectivity index is 1.07. The van der Waals surface area contributed by atoms with Crippen LogP contribution in [-0.4, -0.2) is 4.57 Å². The highest BCUT2D eigenvalue weighted by Gasteiger charge is 2.24. The molecule has 12 aromatic carbocycles. The zero-order valence-electron chi connectivity index (χ0n) is 37.3. The number of hydrogen-bond acceptors (Lipinski definition) is 1. The molecule has 0 N–H and O–H groups in total. The first-order valence-electron chi connectivity index (χ1n) is 23.4. The summed E-state index contributed by atoms with van der Waals surface area (Å²) in [5.41, 5.74) is 16.1. The Kier molecular flexibility index (Phi) is 9.54. The van der Waals surface area contributed by atoms with Gasteiger partial charge in [-0.3, -0.25) is 0 Å². The Morgan fingerprint density at radius 2 is 0.779 bits per heavy atom. The van der Waals surface area contributed by atoms with Crippen LogP contribution in [0.2, 0.25) is 0 Å². The summed E-state index contributed by atoms with van der Waals surface area (Å²) >= 11 is 0. The molecule has 1 heterocycles. The lowest BCUT2D eigenvalue weighted by atomic mass is 9.92. The minimum Gasteiger partial charge on any atom is -0.309 e. The van der Waals surface area contributed by atoms with Crippen molar-refractivity contribution in [2.45, 2.75) is 0 Å². The number of hydrogen-bond donors (Lipinski definition) is 0. The van der Waals surface area contributed by atoms with Crippen molar-refractivity contribution in [1.29, 1.82) is 0 Å². The molecule has 0 aliphatic heterocycles. The first-order valence-corrected chi connectivity index (χ1v) is 23.4. The minimum absolute atomic E-state index is 1.07. The Morgan fingerprint density at radius 3 is 1.57 bits per heavy atom. The van der Waals surface area contributed by atoms with Gasteiger partial charge in [0.25, 0.3) is 0 Å². The highest BCUT2D eigenvalue weighted by atomic mass is 15.1. The van der Waals surface area contributed by atoms with Gasteiger partial charge in [0.15, 0.2) is 0 Å². The summed E-state index contributed by atoms with van der Waals surface area (Å²) in [5, 5.41) is 9.92. The Labute approximate surface area is 395 Å². The van der Waals surface area contributed by atoms with E-state index >= 15 is 0 Å². The molecular weight excluding hydrogens is 821 g/mol. The molecule has 0 spiro atoms. The molecule has 0 bridgehead atoms. The third-order valence-electron chi connectivity index (χ3n) is 13.8. The molecule has 0 fully saturated rings. The smallest absolute Gasteiger partial charge is 0.0541 e. The van der Waals surface area contributed by atoms with E-state index in [1.54, 1.807) is 0 Å². The maximum Gasteiger partial charge on any atom is 0.0541 e. The second kappa shape index (κ2) is 16.5. The van der Waals surface area contributed by atoms with Crippen LogP contribution in [0.25, 0.3) is 104 Å². The van der Waals surface area contributed by atoms with Gasteiger partial charge in [-0.2, -0.15) is 0 Å². The van der Waals surface area contributed by atoms with Gasteiger partial charge in [0, 0.05) is 33.2 Å². The second-order valence-electron chi connectivity index (χ2n) is 17.6. The van der Waals surface area contributed by atoms with Crippen molar-refractivity contribution < 1.29 is 0 Å². The summed E-state index contributed by atoms with van der Waals surface area (Å²) < 4.78 is 2.44. The van der Waals surface area contributed by atoms with Gasteiger partial charge in [-0.15, -0.1) is 0 Å². The van der Waals surface area contributed by atoms with Gasteiger partial charge >= 0.3 is 0 Å². The molecule has 2 nitrogen and oxygen atoms in total. The van der Waals surface area contributed by atoms with E-state index in [1.807, 2.05) is 0 Å². The third-order valence-corrected chi connectivity index (χ3v) is 13.8. The average Bonchev–Trinajstić information content (AvgIpc) is 3.75. The fourth-order valence-electron chi connectivity index (χ4n) is 10.7. The van der Waals surface area contributed by atoms with Crippen molar-refractivity contribution in [1.82, 2.24) is 4.57 Å². The van der Waals surface area contributed by atoms with Crippen LogP contribution < -0.4 is 4.90 Å². The van der Waals surface area contributed by atoms with Crippen LogP contribution >= 0.6 is 0 Å². The molecule has 0 saturated heterocycles. The van der Waals surface area contributed by atoms with Gasteiger partial charge in [0.2, 0.25) is 0 Å². The Bertz CT molecular complexity index is 3990. The molecule has 0 radical (unpaired) electrons. The molecule has 68 heavy (non-hydrogen) atoms. The summed E-state index contributed by atoms with van der Waals surface area (Å²) in [5.74, 6) is 0. The van der Waals surface area contributed by atoms with Crippen LogP contribution in [0.1, 0.15) is 0 Å². The van der Waals surface area contributed by atoms with Crippen molar-refractivity contribution in [2.75, 3.05) is 4.90 Å². The van der Waals surface area contributed by atoms with E-state index < -0.39 is 0 Å². The summed E-state index contributed by atoms with van der Waals surface area (Å²) in [4.78, 5) is 2.49. The van der Waals surface area contributed by atoms with E-state index in [4.69, 9.17) is 0 Å². The van der Waals surface area contributed by atoms with E-state index in [1.165, 1.54) is 65.3 Å². The Hall–Kier alpha value is -8.98. The van der Waals surface area contributed by atoms with Crippen LogP contribution in [-0.2, 0) is 0 Å².